The van der Waals surface area contributed by atoms with Gasteiger partial charge in [-0.05, 0) is 11.6 Å². The molecule has 1 unspecified atom stereocenters. The first-order chi connectivity index (χ1) is 7.91. The Hall–Kier alpha value is -1.69. The van der Waals surface area contributed by atoms with Crippen molar-refractivity contribution in [3.63, 3.8) is 0 Å². The molecule has 1 heterocycles. The van der Waals surface area contributed by atoms with E-state index in [4.69, 9.17) is 5.11 Å². The predicted molar refractivity (Wildman–Crippen MR) is 57.9 cm³/mol. The van der Waals surface area contributed by atoms with Gasteiger partial charge in [-0.2, -0.15) is 0 Å². The molecule has 0 bridgehead atoms. The summed E-state index contributed by atoms with van der Waals surface area (Å²) in [7, 11) is 0. The molecule has 17 heavy (non-hydrogen) atoms. The van der Waals surface area contributed by atoms with Crippen molar-refractivity contribution in [3.8, 4) is 0 Å². The van der Waals surface area contributed by atoms with E-state index in [2.05, 4.69) is 10.6 Å². The van der Waals surface area contributed by atoms with Gasteiger partial charge in [-0.1, -0.05) is 12.1 Å². The normalized spacial score (nSPS) is 19.3. The van der Waals surface area contributed by atoms with E-state index in [9.17, 15) is 13.6 Å². The van der Waals surface area contributed by atoms with Crippen molar-refractivity contribution >= 4 is 11.7 Å². The summed E-state index contributed by atoms with van der Waals surface area (Å²) in [6.45, 7) is 0.552. The van der Waals surface area contributed by atoms with Crippen LogP contribution < -0.4 is 10.6 Å². The Balaban J connectivity index is 2.47. The Morgan fingerprint density at radius 2 is 2.18 bits per heavy atom. The molecule has 0 saturated carbocycles. The Morgan fingerprint density at radius 1 is 1.47 bits per heavy atom. The van der Waals surface area contributed by atoms with Gasteiger partial charge in [-0.15, -0.1) is 0 Å². The summed E-state index contributed by atoms with van der Waals surface area (Å²) in [4.78, 5) is 11.3. The van der Waals surface area contributed by atoms with Crippen molar-refractivity contribution in [1.29, 1.82) is 0 Å². The fourth-order valence-corrected chi connectivity index (χ4v) is 1.83. The van der Waals surface area contributed by atoms with Gasteiger partial charge in [0.2, 0.25) is 0 Å². The number of benzene rings is 1. The molecule has 0 aliphatic carbocycles. The summed E-state index contributed by atoms with van der Waals surface area (Å²) < 4.78 is 26.7. The van der Waals surface area contributed by atoms with Crippen molar-refractivity contribution in [2.45, 2.75) is 25.5 Å². The second-order valence-corrected chi connectivity index (χ2v) is 4.07. The number of alkyl halides is 2. The molecule has 1 aliphatic heterocycles. The number of urea groups is 1. The average molecular weight is 242 g/mol. The number of aliphatic hydroxyl groups excluding tert-OH is 1. The molecule has 3 N–H and O–H groups in total. The number of fused-ring (bicyclic) bond motifs is 1. The van der Waals surface area contributed by atoms with E-state index in [0.29, 0.717) is 16.8 Å². The molecule has 2 amide bonds. The first-order valence-corrected chi connectivity index (χ1v) is 5.11. The van der Waals surface area contributed by atoms with Gasteiger partial charge in [0.1, 0.15) is 6.04 Å². The molecule has 0 fully saturated rings. The number of anilines is 1. The van der Waals surface area contributed by atoms with E-state index in [1.165, 1.54) is 12.1 Å². The SMILES string of the molecule is CC(F)(F)C1NC(=O)Nc2cc(CO)ccc21. The minimum absolute atomic E-state index is 0.205. The number of rotatable bonds is 2. The summed E-state index contributed by atoms with van der Waals surface area (Å²) in [5.74, 6) is -3.05. The molecule has 0 radical (unpaired) electrons. The number of carbonyl (C=O) groups is 1. The lowest BCUT2D eigenvalue weighted by Gasteiger charge is -2.31. The maximum Gasteiger partial charge on any atom is 0.319 e. The topological polar surface area (TPSA) is 61.4 Å². The fourth-order valence-electron chi connectivity index (χ4n) is 1.83. The zero-order valence-electron chi connectivity index (χ0n) is 9.13. The molecular weight excluding hydrogens is 230 g/mol. The van der Waals surface area contributed by atoms with Crippen LogP contribution in [0.2, 0.25) is 0 Å². The molecule has 0 saturated heterocycles. The van der Waals surface area contributed by atoms with E-state index in [1.54, 1.807) is 6.07 Å². The molecule has 0 aromatic heterocycles. The number of amides is 2. The van der Waals surface area contributed by atoms with Gasteiger partial charge >= 0.3 is 6.03 Å². The first kappa shape index (κ1) is 11.8. The largest absolute Gasteiger partial charge is 0.392 e. The van der Waals surface area contributed by atoms with Gasteiger partial charge in [0, 0.05) is 18.2 Å². The van der Waals surface area contributed by atoms with Gasteiger partial charge < -0.3 is 15.7 Å². The van der Waals surface area contributed by atoms with Gasteiger partial charge in [-0.3, -0.25) is 0 Å². The highest BCUT2D eigenvalue weighted by Crippen LogP contribution is 2.37. The summed E-state index contributed by atoms with van der Waals surface area (Å²) in [6.07, 6.45) is 0. The van der Waals surface area contributed by atoms with Crippen LogP contribution in [-0.4, -0.2) is 17.1 Å². The van der Waals surface area contributed by atoms with Gasteiger partial charge in [0.25, 0.3) is 5.92 Å². The van der Waals surface area contributed by atoms with E-state index < -0.39 is 18.0 Å². The molecular formula is C11H12F2N2O2. The zero-order chi connectivity index (χ0) is 12.6. The maximum atomic E-state index is 13.4. The first-order valence-electron chi connectivity index (χ1n) is 5.11. The second kappa shape index (κ2) is 3.96. The number of hydrogen-bond acceptors (Lipinski definition) is 2. The minimum Gasteiger partial charge on any atom is -0.392 e. The molecule has 6 heteroatoms. The van der Waals surface area contributed by atoms with Crippen molar-refractivity contribution < 1.29 is 18.7 Å². The summed E-state index contributed by atoms with van der Waals surface area (Å²) in [5, 5.41) is 13.6. The molecule has 92 valence electrons. The van der Waals surface area contributed by atoms with Crippen LogP contribution in [0, 0.1) is 0 Å². The summed E-state index contributed by atoms with van der Waals surface area (Å²) in [5.41, 5.74) is 1.19. The van der Waals surface area contributed by atoms with Crippen molar-refractivity contribution in [2.24, 2.45) is 0 Å². The lowest BCUT2D eigenvalue weighted by atomic mass is 9.96. The predicted octanol–water partition coefficient (Wildman–Crippen LogP) is 2.01. The monoisotopic (exact) mass is 242 g/mol. The Bertz CT molecular complexity index is 457. The molecule has 0 spiro atoms. The minimum atomic E-state index is -3.05. The molecule has 2 rings (SSSR count). The van der Waals surface area contributed by atoms with Crippen molar-refractivity contribution in [2.75, 3.05) is 5.32 Å². The van der Waals surface area contributed by atoms with Crippen LogP contribution in [0.5, 0.6) is 0 Å². The molecule has 4 nitrogen and oxygen atoms in total. The number of aliphatic hydroxyl groups is 1. The van der Waals surface area contributed by atoms with Crippen LogP contribution in [0.4, 0.5) is 19.3 Å². The van der Waals surface area contributed by atoms with Gasteiger partial charge in [0.15, 0.2) is 0 Å². The smallest absolute Gasteiger partial charge is 0.319 e. The molecule has 1 aliphatic rings. The van der Waals surface area contributed by atoms with Crippen LogP contribution in [0.1, 0.15) is 24.1 Å². The quantitative estimate of drug-likeness (QED) is 0.742. The second-order valence-electron chi connectivity index (χ2n) is 4.07. The highest BCUT2D eigenvalue weighted by molar-refractivity contribution is 5.93. The standard InChI is InChI=1S/C11H12F2N2O2/c1-11(12,13)9-7-3-2-6(5-16)4-8(7)14-10(17)15-9/h2-4,9,16H,5H2,1H3,(H2,14,15,17). The third-order valence-electron chi connectivity index (χ3n) is 2.64. The Labute approximate surface area is 96.6 Å². The van der Waals surface area contributed by atoms with E-state index in [0.717, 1.165) is 6.92 Å². The van der Waals surface area contributed by atoms with Gasteiger partial charge in [-0.25, -0.2) is 13.6 Å². The van der Waals surface area contributed by atoms with Gasteiger partial charge in [0.05, 0.1) is 6.61 Å². The van der Waals surface area contributed by atoms with Crippen molar-refractivity contribution in [1.82, 2.24) is 5.32 Å². The third kappa shape index (κ3) is 2.21. The van der Waals surface area contributed by atoms with E-state index >= 15 is 0 Å². The molecule has 1 aromatic rings. The van der Waals surface area contributed by atoms with Crippen molar-refractivity contribution in [3.05, 3.63) is 29.3 Å². The summed E-state index contributed by atoms with van der Waals surface area (Å²) >= 11 is 0. The third-order valence-corrected chi connectivity index (χ3v) is 2.64. The fraction of sp³-hybridized carbons (Fsp3) is 0.364. The maximum absolute atomic E-state index is 13.4. The van der Waals surface area contributed by atoms with Crippen LogP contribution in [0.3, 0.4) is 0 Å². The van der Waals surface area contributed by atoms with E-state index in [-0.39, 0.29) is 6.61 Å². The lowest BCUT2D eigenvalue weighted by Crippen LogP contribution is -2.45. The van der Waals surface area contributed by atoms with E-state index in [1.807, 2.05) is 0 Å². The number of nitrogens with one attached hydrogen (secondary N) is 2. The molecule has 1 aromatic carbocycles. The summed E-state index contributed by atoms with van der Waals surface area (Å²) in [6, 6.07) is 2.51. The van der Waals surface area contributed by atoms with Crippen LogP contribution in [-0.2, 0) is 6.61 Å². The Kier molecular flexibility index (Phi) is 2.74. The number of hydrogen-bond donors (Lipinski definition) is 3. The zero-order valence-corrected chi connectivity index (χ0v) is 9.13. The Morgan fingerprint density at radius 3 is 2.76 bits per heavy atom. The number of halogens is 2. The highest BCUT2D eigenvalue weighted by Gasteiger charge is 2.40. The van der Waals surface area contributed by atoms with Crippen LogP contribution in [0.25, 0.3) is 0 Å². The van der Waals surface area contributed by atoms with Crippen LogP contribution >= 0.6 is 0 Å². The average Bonchev–Trinajstić information content (AvgIpc) is 2.25. The number of carbonyl (C=O) groups excluding carboxylic acids is 1. The highest BCUT2D eigenvalue weighted by atomic mass is 19.3. The van der Waals surface area contributed by atoms with Crippen LogP contribution in [0.15, 0.2) is 18.2 Å². The lowest BCUT2D eigenvalue weighted by molar-refractivity contribution is -0.0156. The molecule has 1 atom stereocenters.